The van der Waals surface area contributed by atoms with E-state index in [4.69, 9.17) is 5.73 Å². The van der Waals surface area contributed by atoms with Gasteiger partial charge in [-0.05, 0) is 31.5 Å². The molecule has 0 fully saturated rings. The number of hydrogen-bond acceptors (Lipinski definition) is 3. The van der Waals surface area contributed by atoms with Crippen LogP contribution in [-0.2, 0) is 6.18 Å². The normalized spacial score (nSPS) is 11.5. The second-order valence-electron chi connectivity index (χ2n) is 3.68. The molecule has 1 aromatic rings. The molecule has 96 valence electrons. The van der Waals surface area contributed by atoms with Crippen LogP contribution in [-0.4, -0.2) is 18.1 Å². The number of alkyl halides is 3. The van der Waals surface area contributed by atoms with E-state index in [0.29, 0.717) is 13.1 Å². The zero-order valence-electron chi connectivity index (χ0n) is 9.43. The van der Waals surface area contributed by atoms with Gasteiger partial charge in [0.2, 0.25) is 0 Å². The highest BCUT2D eigenvalue weighted by Gasteiger charge is 2.32. The first-order valence-electron chi connectivity index (χ1n) is 5.52. The number of nitrogens with two attached hydrogens (primary N) is 1. The maximum atomic E-state index is 12.4. The van der Waals surface area contributed by atoms with E-state index in [1.807, 2.05) is 0 Å². The monoisotopic (exact) mass is 247 g/mol. The molecule has 17 heavy (non-hydrogen) atoms. The number of hydrogen-bond donors (Lipinski definition) is 2. The predicted octanol–water partition coefficient (Wildman–Crippen LogP) is 2.64. The quantitative estimate of drug-likeness (QED) is 0.760. The van der Waals surface area contributed by atoms with Crippen molar-refractivity contribution in [2.45, 2.75) is 25.4 Å². The molecule has 0 radical (unpaired) electrons. The minimum Gasteiger partial charge on any atom is -0.370 e. The van der Waals surface area contributed by atoms with Crippen molar-refractivity contribution in [3.05, 3.63) is 23.9 Å². The molecule has 1 aromatic heterocycles. The van der Waals surface area contributed by atoms with Crippen LogP contribution in [0.4, 0.5) is 19.0 Å². The van der Waals surface area contributed by atoms with Gasteiger partial charge in [-0.25, -0.2) is 4.98 Å². The van der Waals surface area contributed by atoms with Gasteiger partial charge in [0.25, 0.3) is 0 Å². The van der Waals surface area contributed by atoms with Crippen LogP contribution in [0.1, 0.15) is 25.0 Å². The zero-order valence-corrected chi connectivity index (χ0v) is 9.43. The molecule has 3 N–H and O–H groups in total. The van der Waals surface area contributed by atoms with E-state index in [9.17, 15) is 13.2 Å². The Hall–Kier alpha value is -1.30. The molecule has 0 atom stereocenters. The molecular formula is C11H16F3N3. The fourth-order valence-corrected chi connectivity index (χ4v) is 1.35. The summed E-state index contributed by atoms with van der Waals surface area (Å²) in [6.45, 7) is 1.25. The smallest absolute Gasteiger partial charge is 0.370 e. The molecule has 0 amide bonds. The standard InChI is InChI=1S/C11H16F3N3/c12-11(13,14)9-5-4-6-10(17-9)16-8-3-1-2-7-15/h4-6H,1-3,7-8,15H2,(H,16,17). The highest BCUT2D eigenvalue weighted by molar-refractivity contribution is 5.35. The lowest BCUT2D eigenvalue weighted by molar-refractivity contribution is -0.141. The van der Waals surface area contributed by atoms with E-state index in [-0.39, 0.29) is 5.82 Å². The lowest BCUT2D eigenvalue weighted by Crippen LogP contribution is -2.11. The van der Waals surface area contributed by atoms with Crippen molar-refractivity contribution in [1.29, 1.82) is 0 Å². The van der Waals surface area contributed by atoms with Gasteiger partial charge in [-0.1, -0.05) is 12.5 Å². The van der Waals surface area contributed by atoms with Crippen LogP contribution in [0.15, 0.2) is 18.2 Å². The summed E-state index contributed by atoms with van der Waals surface area (Å²) in [5.41, 5.74) is 4.46. The Morgan fingerprint density at radius 3 is 2.59 bits per heavy atom. The van der Waals surface area contributed by atoms with Gasteiger partial charge in [0.1, 0.15) is 11.5 Å². The maximum Gasteiger partial charge on any atom is 0.433 e. The van der Waals surface area contributed by atoms with Gasteiger partial charge in [0.05, 0.1) is 0 Å². The summed E-state index contributed by atoms with van der Waals surface area (Å²) in [6, 6.07) is 3.83. The molecule has 0 aliphatic rings. The fraction of sp³-hybridized carbons (Fsp3) is 0.545. The third-order valence-electron chi connectivity index (χ3n) is 2.23. The first-order valence-corrected chi connectivity index (χ1v) is 5.52. The largest absolute Gasteiger partial charge is 0.433 e. The Morgan fingerprint density at radius 1 is 1.18 bits per heavy atom. The summed E-state index contributed by atoms with van der Waals surface area (Å²) >= 11 is 0. The number of unbranched alkanes of at least 4 members (excludes halogenated alkanes) is 2. The molecule has 0 unspecified atom stereocenters. The van der Waals surface area contributed by atoms with Crippen molar-refractivity contribution >= 4 is 5.82 Å². The van der Waals surface area contributed by atoms with E-state index in [2.05, 4.69) is 10.3 Å². The zero-order chi connectivity index (χ0) is 12.7. The Morgan fingerprint density at radius 2 is 1.94 bits per heavy atom. The van der Waals surface area contributed by atoms with E-state index in [0.717, 1.165) is 25.3 Å². The summed E-state index contributed by atoms with van der Waals surface area (Å²) < 4.78 is 37.1. The van der Waals surface area contributed by atoms with Crippen molar-refractivity contribution in [3.63, 3.8) is 0 Å². The van der Waals surface area contributed by atoms with E-state index < -0.39 is 11.9 Å². The van der Waals surface area contributed by atoms with Crippen molar-refractivity contribution in [3.8, 4) is 0 Å². The summed E-state index contributed by atoms with van der Waals surface area (Å²) in [5, 5.41) is 2.86. The Kier molecular flexibility index (Phi) is 5.21. The highest BCUT2D eigenvalue weighted by Crippen LogP contribution is 2.28. The summed E-state index contributed by atoms with van der Waals surface area (Å²) in [7, 11) is 0. The molecular weight excluding hydrogens is 231 g/mol. The molecule has 1 heterocycles. The van der Waals surface area contributed by atoms with Gasteiger partial charge in [-0.2, -0.15) is 13.2 Å². The van der Waals surface area contributed by atoms with Crippen LogP contribution in [0.2, 0.25) is 0 Å². The number of halogens is 3. The average molecular weight is 247 g/mol. The van der Waals surface area contributed by atoms with Crippen LogP contribution < -0.4 is 11.1 Å². The molecule has 0 bridgehead atoms. The lowest BCUT2D eigenvalue weighted by atomic mass is 10.2. The Labute approximate surface area is 98.2 Å². The van der Waals surface area contributed by atoms with Crippen molar-refractivity contribution in [2.24, 2.45) is 5.73 Å². The number of nitrogens with zero attached hydrogens (tertiary/aromatic N) is 1. The van der Waals surface area contributed by atoms with Crippen molar-refractivity contribution in [1.82, 2.24) is 4.98 Å². The molecule has 1 rings (SSSR count). The van der Waals surface area contributed by atoms with Crippen LogP contribution in [0, 0.1) is 0 Å². The summed E-state index contributed by atoms with van der Waals surface area (Å²) in [5.74, 6) is 0.257. The topological polar surface area (TPSA) is 50.9 Å². The summed E-state index contributed by atoms with van der Waals surface area (Å²) in [4.78, 5) is 3.50. The van der Waals surface area contributed by atoms with E-state index in [1.54, 1.807) is 0 Å². The first kappa shape index (κ1) is 13.8. The van der Waals surface area contributed by atoms with Crippen LogP contribution >= 0.6 is 0 Å². The maximum absolute atomic E-state index is 12.4. The highest BCUT2D eigenvalue weighted by atomic mass is 19.4. The van der Waals surface area contributed by atoms with Crippen molar-refractivity contribution < 1.29 is 13.2 Å². The molecule has 0 saturated heterocycles. The van der Waals surface area contributed by atoms with Crippen LogP contribution in [0.3, 0.4) is 0 Å². The van der Waals surface area contributed by atoms with Gasteiger partial charge in [0.15, 0.2) is 0 Å². The van der Waals surface area contributed by atoms with Gasteiger partial charge in [0, 0.05) is 6.54 Å². The number of pyridine rings is 1. The number of nitrogens with one attached hydrogen (secondary N) is 1. The summed E-state index contributed by atoms with van der Waals surface area (Å²) in [6.07, 6.45) is -1.63. The van der Waals surface area contributed by atoms with Gasteiger partial charge >= 0.3 is 6.18 Å². The number of rotatable bonds is 6. The fourth-order valence-electron chi connectivity index (χ4n) is 1.35. The first-order chi connectivity index (χ1) is 8.04. The third kappa shape index (κ3) is 5.04. The molecule has 0 aliphatic heterocycles. The minimum atomic E-state index is -4.39. The molecule has 0 saturated carbocycles. The number of anilines is 1. The average Bonchev–Trinajstić information content (AvgIpc) is 2.28. The second-order valence-corrected chi connectivity index (χ2v) is 3.68. The SMILES string of the molecule is NCCCCCNc1cccc(C(F)(F)F)n1. The third-order valence-corrected chi connectivity index (χ3v) is 2.23. The Bertz CT molecular complexity index is 339. The second kappa shape index (κ2) is 6.44. The molecule has 6 heteroatoms. The lowest BCUT2D eigenvalue weighted by Gasteiger charge is -2.09. The molecule has 0 spiro atoms. The predicted molar refractivity (Wildman–Crippen MR) is 60.6 cm³/mol. The van der Waals surface area contributed by atoms with Crippen LogP contribution in [0.5, 0.6) is 0 Å². The minimum absolute atomic E-state index is 0.257. The molecule has 0 aliphatic carbocycles. The van der Waals surface area contributed by atoms with Crippen molar-refractivity contribution in [2.75, 3.05) is 18.4 Å². The van der Waals surface area contributed by atoms with E-state index in [1.165, 1.54) is 12.1 Å². The van der Waals surface area contributed by atoms with Gasteiger partial charge in [-0.3, -0.25) is 0 Å². The molecule has 3 nitrogen and oxygen atoms in total. The van der Waals surface area contributed by atoms with Gasteiger partial charge in [-0.15, -0.1) is 0 Å². The molecule has 0 aromatic carbocycles. The van der Waals surface area contributed by atoms with Gasteiger partial charge < -0.3 is 11.1 Å². The van der Waals surface area contributed by atoms with E-state index >= 15 is 0 Å². The number of aromatic nitrogens is 1. The Balaban J connectivity index is 2.44. The van der Waals surface area contributed by atoms with Crippen LogP contribution in [0.25, 0.3) is 0 Å².